The Balaban J connectivity index is 1.68. The Kier molecular flexibility index (Phi) is 5.89. The molecule has 2 aromatic carbocycles. The topological polar surface area (TPSA) is 27.7 Å². The standard InChI is InChI=1S/C16H17BrO3/c1-18-15-6-2-4-13(10-15)12-19-8-9-20-16-7-3-5-14(17)11-16/h2-7,10-11H,8-9,12H2,1H3. The number of hydrogen-bond acceptors (Lipinski definition) is 3. The Labute approximate surface area is 127 Å². The van der Waals surface area contributed by atoms with E-state index in [1.54, 1.807) is 7.11 Å². The van der Waals surface area contributed by atoms with Crippen LogP contribution in [-0.4, -0.2) is 20.3 Å². The summed E-state index contributed by atoms with van der Waals surface area (Å²) in [5, 5.41) is 0. The van der Waals surface area contributed by atoms with Crippen LogP contribution in [0.4, 0.5) is 0 Å². The average Bonchev–Trinajstić information content (AvgIpc) is 2.47. The molecule has 0 aliphatic carbocycles. The van der Waals surface area contributed by atoms with E-state index in [1.165, 1.54) is 0 Å². The fourth-order valence-corrected chi connectivity index (χ4v) is 2.11. The van der Waals surface area contributed by atoms with Crippen LogP contribution in [0.5, 0.6) is 11.5 Å². The second kappa shape index (κ2) is 7.92. The van der Waals surface area contributed by atoms with Crippen molar-refractivity contribution in [2.24, 2.45) is 0 Å². The van der Waals surface area contributed by atoms with Crippen molar-refractivity contribution in [3.05, 3.63) is 58.6 Å². The molecule has 20 heavy (non-hydrogen) atoms. The number of methoxy groups -OCH3 is 1. The number of hydrogen-bond donors (Lipinski definition) is 0. The Morgan fingerprint density at radius 2 is 1.75 bits per heavy atom. The zero-order chi connectivity index (χ0) is 14.2. The third-order valence-electron chi connectivity index (χ3n) is 2.70. The molecule has 0 N–H and O–H groups in total. The lowest BCUT2D eigenvalue weighted by atomic mass is 10.2. The third kappa shape index (κ3) is 4.87. The van der Waals surface area contributed by atoms with Crippen LogP contribution in [0, 0.1) is 0 Å². The Bertz CT molecular complexity index is 543. The fraction of sp³-hybridized carbons (Fsp3) is 0.250. The maximum Gasteiger partial charge on any atom is 0.120 e. The summed E-state index contributed by atoms with van der Waals surface area (Å²) in [6, 6.07) is 15.6. The van der Waals surface area contributed by atoms with E-state index < -0.39 is 0 Å². The van der Waals surface area contributed by atoms with Gasteiger partial charge in [0, 0.05) is 4.47 Å². The molecule has 0 saturated heterocycles. The van der Waals surface area contributed by atoms with Crippen molar-refractivity contribution >= 4 is 15.9 Å². The normalized spacial score (nSPS) is 10.3. The highest BCUT2D eigenvalue weighted by atomic mass is 79.9. The van der Waals surface area contributed by atoms with Crippen LogP contribution < -0.4 is 9.47 Å². The molecule has 0 atom stereocenters. The molecule has 0 aliphatic rings. The van der Waals surface area contributed by atoms with Crippen molar-refractivity contribution in [2.45, 2.75) is 6.61 Å². The summed E-state index contributed by atoms with van der Waals surface area (Å²) in [5.74, 6) is 1.68. The van der Waals surface area contributed by atoms with Crippen LogP contribution in [0.1, 0.15) is 5.56 Å². The van der Waals surface area contributed by atoms with E-state index in [-0.39, 0.29) is 0 Å². The predicted octanol–water partition coefficient (Wildman–Crippen LogP) is 4.05. The summed E-state index contributed by atoms with van der Waals surface area (Å²) in [4.78, 5) is 0. The summed E-state index contributed by atoms with van der Waals surface area (Å²) in [5.41, 5.74) is 1.09. The Morgan fingerprint density at radius 1 is 0.950 bits per heavy atom. The third-order valence-corrected chi connectivity index (χ3v) is 3.19. The summed E-state index contributed by atoms with van der Waals surface area (Å²) in [6.45, 7) is 1.63. The SMILES string of the molecule is COc1cccc(COCCOc2cccc(Br)c2)c1. The molecule has 0 radical (unpaired) electrons. The maximum absolute atomic E-state index is 5.59. The van der Waals surface area contributed by atoms with Gasteiger partial charge in [-0.2, -0.15) is 0 Å². The van der Waals surface area contributed by atoms with Crippen molar-refractivity contribution in [1.82, 2.24) is 0 Å². The molecule has 4 heteroatoms. The van der Waals surface area contributed by atoms with Gasteiger partial charge in [0.15, 0.2) is 0 Å². The first-order chi connectivity index (χ1) is 9.78. The highest BCUT2D eigenvalue weighted by Crippen LogP contribution is 2.17. The molecule has 106 valence electrons. The van der Waals surface area contributed by atoms with Crippen LogP contribution in [0.3, 0.4) is 0 Å². The Hall–Kier alpha value is -1.52. The molecule has 0 bridgehead atoms. The molecule has 0 spiro atoms. The zero-order valence-corrected chi connectivity index (χ0v) is 12.9. The van der Waals surface area contributed by atoms with Crippen molar-refractivity contribution in [1.29, 1.82) is 0 Å². The quantitative estimate of drug-likeness (QED) is 0.714. The lowest BCUT2D eigenvalue weighted by Gasteiger charge is -2.08. The van der Waals surface area contributed by atoms with Crippen molar-refractivity contribution in [3.63, 3.8) is 0 Å². The first-order valence-electron chi connectivity index (χ1n) is 6.37. The summed E-state index contributed by atoms with van der Waals surface area (Å²) in [6.07, 6.45) is 0. The second-order valence-electron chi connectivity index (χ2n) is 4.21. The lowest BCUT2D eigenvalue weighted by molar-refractivity contribution is 0.0888. The van der Waals surface area contributed by atoms with Gasteiger partial charge >= 0.3 is 0 Å². The van der Waals surface area contributed by atoms with E-state index in [2.05, 4.69) is 15.9 Å². The van der Waals surface area contributed by atoms with Gasteiger partial charge in [0.25, 0.3) is 0 Å². The minimum Gasteiger partial charge on any atom is -0.497 e. The molecule has 0 saturated carbocycles. The van der Waals surface area contributed by atoms with E-state index in [9.17, 15) is 0 Å². The minimum atomic E-state index is 0.528. The van der Waals surface area contributed by atoms with Gasteiger partial charge in [-0.1, -0.05) is 34.1 Å². The predicted molar refractivity (Wildman–Crippen MR) is 82.3 cm³/mol. The van der Waals surface area contributed by atoms with E-state index in [1.807, 2.05) is 48.5 Å². The van der Waals surface area contributed by atoms with Gasteiger partial charge in [0.2, 0.25) is 0 Å². The summed E-state index contributed by atoms with van der Waals surface area (Å²) < 4.78 is 17.3. The summed E-state index contributed by atoms with van der Waals surface area (Å²) >= 11 is 3.41. The molecule has 0 aliphatic heterocycles. The molecule has 2 aromatic rings. The van der Waals surface area contributed by atoms with Crippen LogP contribution in [0.15, 0.2) is 53.0 Å². The number of halogens is 1. The van der Waals surface area contributed by atoms with E-state index in [0.29, 0.717) is 19.8 Å². The molecular formula is C16H17BrO3. The van der Waals surface area contributed by atoms with Crippen molar-refractivity contribution in [3.8, 4) is 11.5 Å². The monoisotopic (exact) mass is 336 g/mol. The molecule has 0 amide bonds. The number of benzene rings is 2. The average molecular weight is 337 g/mol. The largest absolute Gasteiger partial charge is 0.497 e. The van der Waals surface area contributed by atoms with Gasteiger partial charge in [0.05, 0.1) is 20.3 Å². The van der Waals surface area contributed by atoms with Gasteiger partial charge in [-0.25, -0.2) is 0 Å². The van der Waals surface area contributed by atoms with Gasteiger partial charge in [-0.3, -0.25) is 0 Å². The van der Waals surface area contributed by atoms with Gasteiger partial charge in [-0.15, -0.1) is 0 Å². The zero-order valence-electron chi connectivity index (χ0n) is 11.3. The van der Waals surface area contributed by atoms with Crippen molar-refractivity contribution in [2.75, 3.05) is 20.3 Å². The first kappa shape index (κ1) is 14.9. The van der Waals surface area contributed by atoms with Crippen LogP contribution >= 0.6 is 15.9 Å². The fourth-order valence-electron chi connectivity index (χ4n) is 1.73. The molecule has 0 unspecified atom stereocenters. The minimum absolute atomic E-state index is 0.528. The Morgan fingerprint density at radius 3 is 2.55 bits per heavy atom. The molecule has 2 rings (SSSR count). The van der Waals surface area contributed by atoms with E-state index in [4.69, 9.17) is 14.2 Å². The molecule has 0 aromatic heterocycles. The number of rotatable bonds is 7. The summed E-state index contributed by atoms with van der Waals surface area (Å²) in [7, 11) is 1.66. The van der Waals surface area contributed by atoms with Crippen LogP contribution in [-0.2, 0) is 11.3 Å². The highest BCUT2D eigenvalue weighted by Gasteiger charge is 1.98. The van der Waals surface area contributed by atoms with Gasteiger partial charge in [-0.05, 0) is 35.9 Å². The van der Waals surface area contributed by atoms with E-state index >= 15 is 0 Å². The highest BCUT2D eigenvalue weighted by molar-refractivity contribution is 9.10. The van der Waals surface area contributed by atoms with Crippen molar-refractivity contribution < 1.29 is 14.2 Å². The second-order valence-corrected chi connectivity index (χ2v) is 5.13. The van der Waals surface area contributed by atoms with Crippen LogP contribution in [0.25, 0.3) is 0 Å². The lowest BCUT2D eigenvalue weighted by Crippen LogP contribution is -2.06. The van der Waals surface area contributed by atoms with Crippen LogP contribution in [0.2, 0.25) is 0 Å². The number of ether oxygens (including phenoxy) is 3. The smallest absolute Gasteiger partial charge is 0.120 e. The first-order valence-corrected chi connectivity index (χ1v) is 7.16. The van der Waals surface area contributed by atoms with Gasteiger partial charge in [0.1, 0.15) is 18.1 Å². The molecule has 0 fully saturated rings. The van der Waals surface area contributed by atoms with E-state index in [0.717, 1.165) is 21.5 Å². The van der Waals surface area contributed by atoms with Gasteiger partial charge < -0.3 is 14.2 Å². The molecule has 0 heterocycles. The maximum atomic E-state index is 5.59. The molecule has 3 nitrogen and oxygen atoms in total. The molecular weight excluding hydrogens is 320 g/mol.